The average molecular weight is 405 g/mol. The average Bonchev–Trinajstić information content (AvgIpc) is 2.65. The largest absolute Gasteiger partial charge is 0.341 e. The molecule has 3 heterocycles. The molecule has 3 aliphatic heterocycles. The van der Waals surface area contributed by atoms with Crippen LogP contribution in [0.4, 0.5) is 0 Å². The minimum Gasteiger partial charge on any atom is -0.341 e. The van der Waals surface area contributed by atoms with Crippen molar-refractivity contribution in [3.05, 3.63) is 0 Å². The van der Waals surface area contributed by atoms with Crippen molar-refractivity contribution in [2.75, 3.05) is 25.6 Å². The van der Waals surface area contributed by atoms with Crippen LogP contribution in [-0.2, 0) is 18.0 Å². The van der Waals surface area contributed by atoms with Crippen molar-refractivity contribution in [2.45, 2.75) is 62.1 Å². The second-order valence-corrected chi connectivity index (χ2v) is 7.98. The summed E-state index contributed by atoms with van der Waals surface area (Å²) in [4.78, 5) is 25.2. The first-order valence-electron chi connectivity index (χ1n) is 9.08. The third-order valence-corrected chi connectivity index (χ3v) is 6.17. The van der Waals surface area contributed by atoms with Gasteiger partial charge < -0.3 is 29.6 Å². The number of nitrogens with one attached hydrogen (secondary N) is 4. The smallest absolute Gasteiger partial charge is 0.244 e. The minimum absolute atomic E-state index is 0.0553. The van der Waals surface area contributed by atoms with Crippen molar-refractivity contribution in [3.8, 4) is 0 Å². The molecule has 0 aromatic heterocycles. The molecule has 26 heavy (non-hydrogen) atoms. The fourth-order valence-electron chi connectivity index (χ4n) is 3.89. The van der Waals surface area contributed by atoms with Crippen molar-refractivity contribution in [1.29, 1.82) is 0 Å². The van der Waals surface area contributed by atoms with Crippen molar-refractivity contribution in [1.82, 2.24) is 21.3 Å². The summed E-state index contributed by atoms with van der Waals surface area (Å²) in [5.74, 6) is -0.221. The number of hydrogen-bond donors (Lipinski definition) is 4. The van der Waals surface area contributed by atoms with Crippen LogP contribution in [0.25, 0.3) is 0 Å². The van der Waals surface area contributed by atoms with Crippen LogP contribution in [0, 0.1) is 0 Å². The van der Waals surface area contributed by atoms with E-state index in [1.54, 1.807) is 0 Å². The maximum Gasteiger partial charge on any atom is 0.244 e. The number of hydrogen-bond acceptors (Lipinski definition) is 8. The van der Waals surface area contributed by atoms with Crippen molar-refractivity contribution in [3.63, 3.8) is 0 Å². The van der Waals surface area contributed by atoms with Gasteiger partial charge >= 0.3 is 0 Å². The first-order chi connectivity index (χ1) is 12.6. The third-order valence-electron chi connectivity index (χ3n) is 5.24. The van der Waals surface area contributed by atoms with E-state index in [-0.39, 0.29) is 36.1 Å². The molecule has 0 aromatic rings. The molecule has 0 saturated carbocycles. The summed E-state index contributed by atoms with van der Waals surface area (Å²) in [5.41, 5.74) is 0. The lowest BCUT2D eigenvalue weighted by Crippen LogP contribution is -2.72. The Bertz CT molecular complexity index is 453. The second-order valence-electron chi connectivity index (χ2n) is 6.93. The van der Waals surface area contributed by atoms with Gasteiger partial charge in [0.15, 0.2) is 0 Å². The second kappa shape index (κ2) is 9.61. The number of piperazine rings is 1. The maximum atomic E-state index is 12.6. The van der Waals surface area contributed by atoms with Gasteiger partial charge in [-0.3, -0.25) is 9.59 Å². The molecule has 3 saturated heterocycles. The van der Waals surface area contributed by atoms with E-state index >= 15 is 0 Å². The quantitative estimate of drug-likeness (QED) is 0.452. The van der Waals surface area contributed by atoms with Gasteiger partial charge in [-0.25, -0.2) is 0 Å². The Kier molecular flexibility index (Phi) is 7.47. The van der Waals surface area contributed by atoms with Gasteiger partial charge in [0.2, 0.25) is 11.8 Å². The molecule has 0 aliphatic carbocycles. The van der Waals surface area contributed by atoms with E-state index < -0.39 is 12.1 Å². The van der Waals surface area contributed by atoms with Gasteiger partial charge in [0.05, 0.1) is 12.2 Å². The fraction of sp³-hybridized carbons (Fsp3) is 0.875. The predicted molar refractivity (Wildman–Crippen MR) is 103 cm³/mol. The Morgan fingerprint density at radius 3 is 1.50 bits per heavy atom. The van der Waals surface area contributed by atoms with Gasteiger partial charge in [0.25, 0.3) is 0 Å². The summed E-state index contributed by atoms with van der Waals surface area (Å²) in [6.07, 6.45) is 7.45. The van der Waals surface area contributed by atoms with Gasteiger partial charge in [-0.1, -0.05) is 0 Å². The molecule has 4 N–H and O–H groups in total. The topological polar surface area (TPSA) is 101 Å². The predicted octanol–water partition coefficient (Wildman–Crippen LogP) is -0.200. The summed E-state index contributed by atoms with van der Waals surface area (Å²) in [6, 6.07) is -1.16. The Balaban J connectivity index is 1.50. The van der Waals surface area contributed by atoms with Crippen LogP contribution in [0.2, 0.25) is 0 Å². The normalized spacial score (nSPS) is 38.5. The lowest BCUT2D eigenvalue weighted by Gasteiger charge is -2.41. The molecular formula is C16H28N4O4S2. The highest BCUT2D eigenvalue weighted by molar-refractivity contribution is 7.94. The first-order valence-corrected chi connectivity index (χ1v) is 11.4. The molecule has 10 heteroatoms. The van der Waals surface area contributed by atoms with E-state index in [4.69, 9.17) is 8.37 Å². The van der Waals surface area contributed by atoms with Crippen LogP contribution < -0.4 is 21.3 Å². The van der Waals surface area contributed by atoms with E-state index in [0.717, 1.165) is 25.7 Å². The first kappa shape index (κ1) is 20.2. The van der Waals surface area contributed by atoms with Gasteiger partial charge in [-0.05, 0) is 49.8 Å². The summed E-state index contributed by atoms with van der Waals surface area (Å²) in [6.45, 7) is 1.38. The van der Waals surface area contributed by atoms with E-state index in [1.807, 2.05) is 12.5 Å². The van der Waals surface area contributed by atoms with E-state index in [2.05, 4.69) is 21.3 Å². The van der Waals surface area contributed by atoms with Crippen LogP contribution in [0.1, 0.15) is 25.7 Å². The molecule has 0 aromatic carbocycles. The maximum absolute atomic E-state index is 12.6. The molecule has 6 atom stereocenters. The van der Waals surface area contributed by atoms with Crippen LogP contribution >= 0.6 is 24.1 Å². The molecule has 3 fully saturated rings. The van der Waals surface area contributed by atoms with Gasteiger partial charge in [0.1, 0.15) is 12.1 Å². The Labute approximate surface area is 163 Å². The van der Waals surface area contributed by atoms with Gasteiger partial charge in [-0.15, -0.1) is 0 Å². The van der Waals surface area contributed by atoms with Crippen LogP contribution in [0.3, 0.4) is 0 Å². The molecule has 0 radical (unpaired) electrons. The zero-order chi connectivity index (χ0) is 18.5. The SMILES string of the molecule is CSOC1CCC(C2NC(=O)C(C3CCC(OSC)CN3)NC2=O)NC1. The fourth-order valence-corrected chi connectivity index (χ4v) is 4.77. The summed E-state index contributed by atoms with van der Waals surface area (Å²) < 4.78 is 11.1. The zero-order valence-corrected chi connectivity index (χ0v) is 16.8. The van der Waals surface area contributed by atoms with E-state index in [1.165, 1.54) is 24.1 Å². The molecule has 0 bridgehead atoms. The Morgan fingerprint density at radius 1 is 0.769 bits per heavy atom. The lowest BCUT2D eigenvalue weighted by molar-refractivity contribution is -0.138. The number of rotatable bonds is 6. The van der Waals surface area contributed by atoms with Crippen molar-refractivity contribution in [2.24, 2.45) is 0 Å². The highest BCUT2D eigenvalue weighted by atomic mass is 32.2. The third kappa shape index (κ3) is 4.85. The Hall–Kier alpha value is -0.520. The minimum atomic E-state index is -0.523. The number of carbonyl (C=O) groups is 2. The van der Waals surface area contributed by atoms with Crippen molar-refractivity contribution < 1.29 is 18.0 Å². The molecule has 2 amide bonds. The highest BCUT2D eigenvalue weighted by Gasteiger charge is 2.43. The standard InChI is InChI=1S/C16H28N4O4S2/c1-25-23-9-3-5-11(17-7-9)13-15(21)20-14(16(22)19-13)12-6-4-10(8-18-12)24-26-2/h9-14,17-18H,3-8H2,1-2H3,(H,19,22)(H,20,21). The van der Waals surface area contributed by atoms with Crippen LogP contribution in [0.5, 0.6) is 0 Å². The number of piperidine rings is 2. The highest BCUT2D eigenvalue weighted by Crippen LogP contribution is 2.21. The molecule has 0 spiro atoms. The van der Waals surface area contributed by atoms with Crippen molar-refractivity contribution >= 4 is 35.9 Å². The van der Waals surface area contributed by atoms with Crippen LogP contribution in [-0.4, -0.2) is 73.8 Å². The van der Waals surface area contributed by atoms with Crippen LogP contribution in [0.15, 0.2) is 0 Å². The summed E-state index contributed by atoms with van der Waals surface area (Å²) >= 11 is 2.72. The summed E-state index contributed by atoms with van der Waals surface area (Å²) in [7, 11) is 0. The molecule has 3 aliphatic rings. The van der Waals surface area contributed by atoms with Gasteiger partial charge in [0, 0.05) is 37.7 Å². The zero-order valence-electron chi connectivity index (χ0n) is 15.2. The van der Waals surface area contributed by atoms with Gasteiger partial charge in [-0.2, -0.15) is 0 Å². The van der Waals surface area contributed by atoms with E-state index in [9.17, 15) is 9.59 Å². The number of carbonyl (C=O) groups excluding carboxylic acids is 2. The lowest BCUT2D eigenvalue weighted by atomic mass is 9.90. The molecule has 6 unspecified atom stereocenters. The monoisotopic (exact) mass is 404 g/mol. The molecular weight excluding hydrogens is 376 g/mol. The Morgan fingerprint density at radius 2 is 1.19 bits per heavy atom. The molecule has 148 valence electrons. The molecule has 3 rings (SSSR count). The number of amides is 2. The molecule has 8 nitrogen and oxygen atoms in total. The van der Waals surface area contributed by atoms with E-state index in [0.29, 0.717) is 13.1 Å². The summed E-state index contributed by atoms with van der Waals surface area (Å²) in [5, 5.41) is 12.5.